The van der Waals surface area contributed by atoms with Crippen LogP contribution in [0.5, 0.6) is 0 Å². The van der Waals surface area contributed by atoms with Crippen molar-refractivity contribution >= 4 is 43.4 Å². The molecular formula is C29H21N. The molecule has 0 N–H and O–H groups in total. The van der Waals surface area contributed by atoms with Crippen molar-refractivity contribution in [1.29, 1.82) is 0 Å². The van der Waals surface area contributed by atoms with Gasteiger partial charge < -0.3 is 4.57 Å². The smallest absolute Gasteiger partial charge is 0.0574 e. The van der Waals surface area contributed by atoms with E-state index >= 15 is 0 Å². The Kier molecular flexibility index (Phi) is 3.10. The van der Waals surface area contributed by atoms with Crippen LogP contribution in [0.2, 0.25) is 0 Å². The summed E-state index contributed by atoms with van der Waals surface area (Å²) in [4.78, 5) is 0. The molecule has 142 valence electrons. The first kappa shape index (κ1) is 16.2. The summed E-state index contributed by atoms with van der Waals surface area (Å²) in [5.74, 6) is 0. The SMILES string of the molecule is CCn1c2ccccc2c2c3c(c4ccccc4c21)-c1c(ccc2ccccc12)C3. The number of aromatic nitrogens is 1. The van der Waals surface area contributed by atoms with E-state index in [9.17, 15) is 0 Å². The molecule has 0 bridgehead atoms. The molecule has 0 amide bonds. The van der Waals surface area contributed by atoms with Crippen LogP contribution < -0.4 is 0 Å². The maximum absolute atomic E-state index is 2.51. The van der Waals surface area contributed by atoms with Crippen molar-refractivity contribution in [2.45, 2.75) is 19.9 Å². The van der Waals surface area contributed by atoms with E-state index in [2.05, 4.69) is 96.4 Å². The molecule has 0 atom stereocenters. The molecule has 1 nitrogen and oxygen atoms in total. The zero-order valence-corrected chi connectivity index (χ0v) is 16.9. The highest BCUT2D eigenvalue weighted by Crippen LogP contribution is 2.50. The van der Waals surface area contributed by atoms with Crippen LogP contribution in [0.15, 0.2) is 84.9 Å². The van der Waals surface area contributed by atoms with E-state index in [0.717, 1.165) is 13.0 Å². The van der Waals surface area contributed by atoms with Gasteiger partial charge in [0, 0.05) is 28.2 Å². The molecule has 1 heterocycles. The fourth-order valence-corrected chi connectivity index (χ4v) is 5.82. The maximum atomic E-state index is 2.51. The van der Waals surface area contributed by atoms with Gasteiger partial charge in [-0.25, -0.2) is 0 Å². The Balaban J connectivity index is 1.79. The van der Waals surface area contributed by atoms with Crippen LogP contribution in [0, 0.1) is 0 Å². The molecule has 0 radical (unpaired) electrons. The summed E-state index contributed by atoms with van der Waals surface area (Å²) in [5.41, 5.74) is 8.58. The van der Waals surface area contributed by atoms with Crippen molar-refractivity contribution in [3.63, 3.8) is 0 Å². The molecule has 0 fully saturated rings. The van der Waals surface area contributed by atoms with Crippen molar-refractivity contribution < 1.29 is 0 Å². The van der Waals surface area contributed by atoms with Crippen molar-refractivity contribution in [3.8, 4) is 11.1 Å². The number of fused-ring (bicyclic) bond motifs is 12. The molecule has 1 heteroatoms. The van der Waals surface area contributed by atoms with Gasteiger partial charge in [0.25, 0.3) is 0 Å². The molecule has 0 saturated carbocycles. The Hall–Kier alpha value is -3.58. The molecule has 0 unspecified atom stereocenters. The van der Waals surface area contributed by atoms with E-state index in [4.69, 9.17) is 0 Å². The summed E-state index contributed by atoms with van der Waals surface area (Å²) in [5, 5.41) is 8.27. The lowest BCUT2D eigenvalue weighted by atomic mass is 9.91. The topological polar surface area (TPSA) is 4.93 Å². The van der Waals surface area contributed by atoms with Gasteiger partial charge >= 0.3 is 0 Å². The van der Waals surface area contributed by atoms with Gasteiger partial charge in [0.2, 0.25) is 0 Å². The van der Waals surface area contributed by atoms with Crippen molar-refractivity contribution in [2.75, 3.05) is 0 Å². The van der Waals surface area contributed by atoms with Crippen LogP contribution in [0.1, 0.15) is 18.1 Å². The van der Waals surface area contributed by atoms with E-state index in [-0.39, 0.29) is 0 Å². The monoisotopic (exact) mass is 383 g/mol. The predicted molar refractivity (Wildman–Crippen MR) is 128 cm³/mol. The second-order valence-corrected chi connectivity index (χ2v) is 8.38. The molecule has 1 aliphatic rings. The molecule has 6 aromatic rings. The Labute approximate surface area is 175 Å². The first-order chi connectivity index (χ1) is 14.9. The number of rotatable bonds is 1. The fraction of sp³-hybridized carbons (Fsp3) is 0.103. The molecule has 7 rings (SSSR count). The standard InChI is InChI=1S/C29H21N/c1-2-30-25-14-8-7-13-23(25)28-24-17-19-16-15-18-9-3-4-10-20(18)26(19)27(24)21-11-5-6-12-22(21)29(28)30/h3-16H,2,17H2,1H3. The van der Waals surface area contributed by atoms with Gasteiger partial charge in [-0.15, -0.1) is 0 Å². The largest absolute Gasteiger partial charge is 0.340 e. The molecule has 0 saturated heterocycles. The van der Waals surface area contributed by atoms with Crippen LogP contribution in [0.25, 0.3) is 54.5 Å². The van der Waals surface area contributed by atoms with Crippen LogP contribution in [-0.2, 0) is 13.0 Å². The predicted octanol–water partition coefficient (Wildman–Crippen LogP) is 7.69. The van der Waals surface area contributed by atoms with Gasteiger partial charge in [-0.05, 0) is 57.8 Å². The molecule has 1 aliphatic carbocycles. The molecular weight excluding hydrogens is 362 g/mol. The minimum Gasteiger partial charge on any atom is -0.340 e. The lowest BCUT2D eigenvalue weighted by molar-refractivity contribution is 0.829. The maximum Gasteiger partial charge on any atom is 0.0574 e. The summed E-state index contributed by atoms with van der Waals surface area (Å²) in [6.45, 7) is 3.23. The van der Waals surface area contributed by atoms with Crippen LogP contribution >= 0.6 is 0 Å². The average molecular weight is 383 g/mol. The summed E-state index contributed by atoms with van der Waals surface area (Å²) < 4.78 is 2.51. The van der Waals surface area contributed by atoms with E-state index in [0.29, 0.717) is 0 Å². The lowest BCUT2D eigenvalue weighted by Gasteiger charge is -2.13. The Morgan fingerprint density at radius 3 is 2.20 bits per heavy atom. The van der Waals surface area contributed by atoms with Crippen LogP contribution in [0.3, 0.4) is 0 Å². The third-order valence-corrected chi connectivity index (χ3v) is 6.97. The second-order valence-electron chi connectivity index (χ2n) is 8.38. The van der Waals surface area contributed by atoms with Gasteiger partial charge in [-0.3, -0.25) is 0 Å². The first-order valence-corrected chi connectivity index (χ1v) is 10.8. The summed E-state index contributed by atoms with van der Waals surface area (Å²) in [6, 6.07) is 31.4. The second kappa shape index (κ2) is 5.73. The van der Waals surface area contributed by atoms with Gasteiger partial charge in [-0.1, -0.05) is 78.9 Å². The summed E-state index contributed by atoms with van der Waals surface area (Å²) in [6.07, 6.45) is 1.01. The third kappa shape index (κ3) is 1.88. The van der Waals surface area contributed by atoms with E-state index in [1.165, 1.54) is 65.6 Å². The molecule has 0 aliphatic heterocycles. The number of aryl methyl sites for hydroxylation is 1. The number of para-hydroxylation sites is 1. The van der Waals surface area contributed by atoms with Crippen LogP contribution in [0.4, 0.5) is 0 Å². The van der Waals surface area contributed by atoms with Gasteiger partial charge in [0.05, 0.1) is 5.52 Å². The van der Waals surface area contributed by atoms with E-state index in [1.807, 2.05) is 0 Å². The normalized spacial score (nSPS) is 12.8. The van der Waals surface area contributed by atoms with Gasteiger partial charge in [0.1, 0.15) is 0 Å². The minimum absolute atomic E-state index is 0.975. The average Bonchev–Trinajstić information content (AvgIpc) is 3.35. The van der Waals surface area contributed by atoms with Crippen molar-refractivity contribution in [3.05, 3.63) is 96.1 Å². The lowest BCUT2D eigenvalue weighted by Crippen LogP contribution is -1.95. The van der Waals surface area contributed by atoms with Crippen molar-refractivity contribution in [2.24, 2.45) is 0 Å². The first-order valence-electron chi connectivity index (χ1n) is 10.8. The van der Waals surface area contributed by atoms with Gasteiger partial charge in [0.15, 0.2) is 0 Å². The highest BCUT2D eigenvalue weighted by atomic mass is 15.0. The summed E-state index contributed by atoms with van der Waals surface area (Å²) >= 11 is 0. The fourth-order valence-electron chi connectivity index (χ4n) is 5.82. The molecule has 5 aromatic carbocycles. The molecule has 1 aromatic heterocycles. The minimum atomic E-state index is 0.975. The molecule has 30 heavy (non-hydrogen) atoms. The highest BCUT2D eigenvalue weighted by molar-refractivity contribution is 6.25. The number of benzene rings is 5. The van der Waals surface area contributed by atoms with Gasteiger partial charge in [-0.2, -0.15) is 0 Å². The number of nitrogens with zero attached hydrogens (tertiary/aromatic N) is 1. The number of hydrogen-bond donors (Lipinski definition) is 0. The Bertz CT molecular complexity index is 1650. The zero-order chi connectivity index (χ0) is 19.8. The Morgan fingerprint density at radius 2 is 1.37 bits per heavy atom. The summed E-state index contributed by atoms with van der Waals surface area (Å²) in [7, 11) is 0. The van der Waals surface area contributed by atoms with Crippen LogP contribution in [-0.4, -0.2) is 4.57 Å². The van der Waals surface area contributed by atoms with E-state index < -0.39 is 0 Å². The number of hydrogen-bond acceptors (Lipinski definition) is 0. The Morgan fingerprint density at radius 1 is 0.667 bits per heavy atom. The third-order valence-electron chi connectivity index (χ3n) is 6.97. The van der Waals surface area contributed by atoms with E-state index in [1.54, 1.807) is 0 Å². The van der Waals surface area contributed by atoms with Crippen molar-refractivity contribution in [1.82, 2.24) is 4.57 Å². The highest BCUT2D eigenvalue weighted by Gasteiger charge is 2.28. The zero-order valence-electron chi connectivity index (χ0n) is 16.9. The molecule has 0 spiro atoms. The quantitative estimate of drug-likeness (QED) is 0.274.